The van der Waals surface area contributed by atoms with Gasteiger partial charge in [0.25, 0.3) is 0 Å². The highest BCUT2D eigenvalue weighted by molar-refractivity contribution is 7.80. The van der Waals surface area contributed by atoms with Gasteiger partial charge in [-0.2, -0.15) is 12.6 Å². The predicted molar refractivity (Wildman–Crippen MR) is 158 cm³/mol. The largest absolute Gasteiger partial charge is 0.481 e. The van der Waals surface area contributed by atoms with Crippen LogP contribution in [0.2, 0.25) is 0 Å². The summed E-state index contributed by atoms with van der Waals surface area (Å²) in [6.45, 7) is -0.892. The molecule has 0 unspecified atom stereocenters. The average molecular weight is 695 g/mol. The third-order valence-electron chi connectivity index (χ3n) is 6.07. The van der Waals surface area contributed by atoms with Crippen LogP contribution in [0.25, 0.3) is 0 Å². The summed E-state index contributed by atoms with van der Waals surface area (Å²) in [5.41, 5.74) is 5.58. The summed E-state index contributed by atoms with van der Waals surface area (Å²) in [4.78, 5) is 120. The number of carboxylic acid groups (broad SMARTS) is 5. The maximum absolute atomic E-state index is 13.2. The number of nitrogens with one attached hydrogen (secondary N) is 5. The minimum atomic E-state index is -1.77. The van der Waals surface area contributed by atoms with Crippen LogP contribution in [0.1, 0.15) is 51.4 Å². The maximum atomic E-state index is 13.2. The van der Waals surface area contributed by atoms with Crippen molar-refractivity contribution in [2.45, 2.75) is 81.6 Å². The van der Waals surface area contributed by atoms with Gasteiger partial charge in [0.15, 0.2) is 0 Å². The van der Waals surface area contributed by atoms with Crippen LogP contribution in [-0.2, 0) is 47.9 Å². The van der Waals surface area contributed by atoms with Gasteiger partial charge in [0.2, 0.25) is 29.5 Å². The Labute approximate surface area is 271 Å². The van der Waals surface area contributed by atoms with Crippen molar-refractivity contribution in [3.8, 4) is 0 Å². The molecule has 5 amide bonds. The topological polar surface area (TPSA) is 358 Å². The zero-order valence-electron chi connectivity index (χ0n) is 24.8. The number of carboxylic acids is 5. The SMILES string of the molecule is N[C@@H](CS)C(=O)N[C@@H](CCC(=O)O)C(=O)N[C@@H](CCC(=O)O)C(=O)N[C@@H](CCC(=O)O)C(=O)N[C@@H](CCC(=O)O)C(=O)NCC(=O)O. The van der Waals surface area contributed by atoms with Gasteiger partial charge in [-0.25, -0.2) is 0 Å². The number of carbonyl (C=O) groups excluding carboxylic acids is 5. The minimum Gasteiger partial charge on any atom is -0.481 e. The van der Waals surface area contributed by atoms with E-state index in [1.807, 2.05) is 5.32 Å². The molecule has 0 rings (SSSR count). The van der Waals surface area contributed by atoms with Crippen molar-refractivity contribution in [1.82, 2.24) is 26.6 Å². The predicted octanol–water partition coefficient (Wildman–Crippen LogP) is -4.16. The van der Waals surface area contributed by atoms with Gasteiger partial charge in [-0.1, -0.05) is 0 Å². The lowest BCUT2D eigenvalue weighted by atomic mass is 10.0. The van der Waals surface area contributed by atoms with Gasteiger partial charge >= 0.3 is 29.8 Å². The second kappa shape index (κ2) is 21.7. The number of hydrogen-bond donors (Lipinski definition) is 12. The number of amides is 5. The monoisotopic (exact) mass is 694 g/mol. The van der Waals surface area contributed by atoms with E-state index in [0.29, 0.717) is 0 Å². The van der Waals surface area contributed by atoms with E-state index in [0.717, 1.165) is 0 Å². The summed E-state index contributed by atoms with van der Waals surface area (Å²) in [5.74, 6) is -12.8. The maximum Gasteiger partial charge on any atom is 0.322 e. The molecule has 0 bridgehead atoms. The Morgan fingerprint density at radius 3 is 1.00 bits per heavy atom. The molecule has 0 aromatic heterocycles. The summed E-state index contributed by atoms with van der Waals surface area (Å²) >= 11 is 3.86. The van der Waals surface area contributed by atoms with Gasteiger partial charge in [0.05, 0.1) is 6.04 Å². The number of aliphatic carboxylic acids is 5. The number of hydrogen-bond acceptors (Lipinski definition) is 12. The fourth-order valence-corrected chi connectivity index (χ4v) is 3.78. The van der Waals surface area contributed by atoms with E-state index < -0.39 is 148 Å². The number of carbonyl (C=O) groups is 10. The molecule has 0 radical (unpaired) electrons. The van der Waals surface area contributed by atoms with E-state index in [1.165, 1.54) is 0 Å². The first kappa shape index (κ1) is 42.0. The summed E-state index contributed by atoms with van der Waals surface area (Å²) in [6.07, 6.45) is -4.98. The van der Waals surface area contributed by atoms with Crippen LogP contribution >= 0.6 is 12.6 Å². The van der Waals surface area contributed by atoms with Gasteiger partial charge in [0.1, 0.15) is 30.7 Å². The van der Waals surface area contributed by atoms with E-state index >= 15 is 0 Å². The van der Waals surface area contributed by atoms with Crippen molar-refractivity contribution in [2.24, 2.45) is 5.73 Å². The van der Waals surface area contributed by atoms with Crippen LogP contribution < -0.4 is 32.3 Å². The van der Waals surface area contributed by atoms with Crippen molar-refractivity contribution in [3.05, 3.63) is 0 Å². The average Bonchev–Trinajstić information content (AvgIpc) is 2.98. The molecule has 0 aromatic rings. The Kier molecular flexibility index (Phi) is 19.4. The fraction of sp³-hybridized carbons (Fsp3) is 0.600. The van der Waals surface area contributed by atoms with E-state index in [2.05, 4.69) is 33.9 Å². The lowest BCUT2D eigenvalue weighted by Crippen LogP contribution is -2.59. The van der Waals surface area contributed by atoms with Crippen LogP contribution in [0.5, 0.6) is 0 Å². The highest BCUT2D eigenvalue weighted by Gasteiger charge is 2.32. The van der Waals surface area contributed by atoms with Crippen LogP contribution in [0, 0.1) is 0 Å². The lowest BCUT2D eigenvalue weighted by Gasteiger charge is -2.26. The van der Waals surface area contributed by atoms with Crippen LogP contribution in [0.15, 0.2) is 0 Å². The summed E-state index contributed by atoms with van der Waals surface area (Å²) in [5, 5.41) is 55.7. The lowest BCUT2D eigenvalue weighted by molar-refractivity contribution is -0.141. The van der Waals surface area contributed by atoms with Crippen molar-refractivity contribution in [3.63, 3.8) is 0 Å². The molecule has 5 atom stereocenters. The molecule has 0 spiro atoms. The second-order valence-corrected chi connectivity index (χ2v) is 10.2. The normalized spacial score (nSPS) is 13.7. The molecule has 264 valence electrons. The number of nitrogens with two attached hydrogens (primary N) is 1. The Morgan fingerprint density at radius 2 is 0.745 bits per heavy atom. The molecule has 0 aliphatic rings. The first-order valence-electron chi connectivity index (χ1n) is 13.8. The van der Waals surface area contributed by atoms with Gasteiger partial charge < -0.3 is 57.9 Å². The van der Waals surface area contributed by atoms with Crippen molar-refractivity contribution in [1.29, 1.82) is 0 Å². The van der Waals surface area contributed by atoms with Gasteiger partial charge in [0, 0.05) is 31.4 Å². The van der Waals surface area contributed by atoms with E-state index in [-0.39, 0.29) is 5.75 Å². The Hall–Kier alpha value is -4.99. The van der Waals surface area contributed by atoms with Crippen molar-refractivity contribution < 1.29 is 73.5 Å². The first-order chi connectivity index (χ1) is 21.9. The second-order valence-electron chi connectivity index (χ2n) is 9.87. The van der Waals surface area contributed by atoms with E-state index in [1.54, 1.807) is 0 Å². The molecule has 0 aromatic carbocycles. The Bertz CT molecular complexity index is 1200. The zero-order valence-corrected chi connectivity index (χ0v) is 25.7. The van der Waals surface area contributed by atoms with Crippen LogP contribution in [0.3, 0.4) is 0 Å². The van der Waals surface area contributed by atoms with Crippen molar-refractivity contribution >= 4 is 72.0 Å². The molecular formula is C25H38N6O15S. The molecule has 0 saturated carbocycles. The highest BCUT2D eigenvalue weighted by Crippen LogP contribution is 2.07. The summed E-state index contributed by atoms with van der Waals surface area (Å²) < 4.78 is 0. The van der Waals surface area contributed by atoms with E-state index in [4.69, 9.17) is 31.3 Å². The molecule has 0 aliphatic heterocycles. The molecule has 0 aliphatic carbocycles. The number of rotatable bonds is 24. The smallest absolute Gasteiger partial charge is 0.322 e. The van der Waals surface area contributed by atoms with Crippen LogP contribution in [-0.4, -0.2) is 127 Å². The molecule has 0 saturated heterocycles. The molecule has 47 heavy (non-hydrogen) atoms. The van der Waals surface area contributed by atoms with Crippen molar-refractivity contribution in [2.75, 3.05) is 12.3 Å². The van der Waals surface area contributed by atoms with Gasteiger partial charge in [-0.05, 0) is 25.7 Å². The minimum absolute atomic E-state index is 0.152. The first-order valence-corrected chi connectivity index (χ1v) is 14.5. The molecular weight excluding hydrogens is 656 g/mol. The zero-order chi connectivity index (χ0) is 36.3. The Balaban J connectivity index is 6.19. The quantitative estimate of drug-likeness (QED) is 0.0426. The highest BCUT2D eigenvalue weighted by atomic mass is 32.1. The fourth-order valence-electron chi connectivity index (χ4n) is 3.61. The van der Waals surface area contributed by atoms with Crippen LogP contribution in [0.4, 0.5) is 0 Å². The molecule has 21 nitrogen and oxygen atoms in total. The third kappa shape index (κ3) is 18.5. The molecule has 0 fully saturated rings. The van der Waals surface area contributed by atoms with E-state index in [9.17, 15) is 47.9 Å². The third-order valence-corrected chi connectivity index (χ3v) is 6.46. The Morgan fingerprint density at radius 1 is 0.468 bits per heavy atom. The molecule has 22 heteroatoms. The molecule has 12 N–H and O–H groups in total. The van der Waals surface area contributed by atoms with Gasteiger partial charge in [-0.3, -0.25) is 47.9 Å². The van der Waals surface area contributed by atoms with Gasteiger partial charge in [-0.15, -0.1) is 0 Å². The standard InChI is InChI=1S/C25H38N6O15S/c26-11(10-47)21(42)28-13(2-6-17(34)35)23(44)30-15(4-8-19(38)39)25(46)31-14(3-7-18(36)37)24(45)29-12(1-5-16(32)33)22(43)27-9-20(40)41/h11-15,47H,1-10,26H2,(H,27,43)(H,28,42)(H,29,45)(H,30,44)(H,31,46)(H,32,33)(H,34,35)(H,36,37)(H,38,39)(H,40,41)/t11-,12-,13-,14-,15-/m0/s1. The summed E-state index contributed by atoms with van der Waals surface area (Å²) in [7, 11) is 0. The number of thiol groups is 1. The molecule has 0 heterocycles. The summed E-state index contributed by atoms with van der Waals surface area (Å²) in [6, 6.07) is -7.94.